The van der Waals surface area contributed by atoms with Gasteiger partial charge in [-0.05, 0) is 61.2 Å². The van der Waals surface area contributed by atoms with Crippen molar-refractivity contribution in [2.45, 2.75) is 30.7 Å². The topological polar surface area (TPSA) is 86.3 Å². The molecule has 1 aliphatic rings. The highest BCUT2D eigenvalue weighted by atomic mass is 32.2. The second-order valence-electron chi connectivity index (χ2n) is 7.62. The molecule has 32 heavy (non-hydrogen) atoms. The van der Waals surface area contributed by atoms with Crippen molar-refractivity contribution in [2.75, 3.05) is 48.1 Å². The molecule has 0 spiro atoms. The van der Waals surface area contributed by atoms with E-state index in [1.807, 2.05) is 0 Å². The highest BCUT2D eigenvalue weighted by Crippen LogP contribution is 2.33. The minimum atomic E-state index is -3.60. The lowest BCUT2D eigenvalue weighted by atomic mass is 9.98. The van der Waals surface area contributed by atoms with Gasteiger partial charge in [0.2, 0.25) is 10.0 Å². The molecule has 176 valence electrons. The van der Waals surface area contributed by atoms with Gasteiger partial charge in [-0.3, -0.25) is 4.90 Å². The number of nitrogens with zero attached hydrogens (tertiary/aromatic N) is 1. The predicted octanol–water partition coefficient (Wildman–Crippen LogP) is 2.84. The van der Waals surface area contributed by atoms with Crippen LogP contribution in [0.15, 0.2) is 35.2 Å². The van der Waals surface area contributed by atoms with E-state index < -0.39 is 10.0 Å². The fraction of sp³-hybridized carbons (Fsp3) is 0.478. The highest BCUT2D eigenvalue weighted by Gasteiger charge is 2.20. The normalized spacial score (nSPS) is 14.0. The first-order chi connectivity index (χ1) is 15.4. The van der Waals surface area contributed by atoms with Crippen molar-refractivity contribution >= 4 is 10.0 Å². The maximum Gasteiger partial charge on any atom is 0.240 e. The zero-order chi connectivity index (χ0) is 23.1. The van der Waals surface area contributed by atoms with Crippen LogP contribution in [0, 0.1) is 0 Å². The number of sulfonamides is 1. The Hall–Kier alpha value is -2.49. The molecule has 0 saturated heterocycles. The first-order valence-electron chi connectivity index (χ1n) is 10.6. The fourth-order valence-electron chi connectivity index (χ4n) is 3.87. The molecule has 0 aromatic heterocycles. The van der Waals surface area contributed by atoms with E-state index in [4.69, 9.17) is 18.9 Å². The van der Waals surface area contributed by atoms with E-state index in [-0.39, 0.29) is 4.90 Å². The van der Waals surface area contributed by atoms with Gasteiger partial charge in [0, 0.05) is 25.7 Å². The molecule has 3 rings (SSSR count). The van der Waals surface area contributed by atoms with Crippen molar-refractivity contribution in [1.82, 2.24) is 9.62 Å². The molecule has 1 aliphatic heterocycles. The van der Waals surface area contributed by atoms with Gasteiger partial charge in [-0.1, -0.05) is 0 Å². The van der Waals surface area contributed by atoms with Crippen molar-refractivity contribution in [3.63, 3.8) is 0 Å². The van der Waals surface area contributed by atoms with Gasteiger partial charge < -0.3 is 18.9 Å². The number of methoxy groups -OCH3 is 4. The molecule has 1 heterocycles. The minimum absolute atomic E-state index is 0.159. The Morgan fingerprint density at radius 1 is 0.844 bits per heavy atom. The molecule has 0 aliphatic carbocycles. The monoisotopic (exact) mass is 464 g/mol. The standard InChI is InChI=1S/C23H32N2O6S/c1-28-20-8-7-19(15-23(20)31-4)32(26,27)24-10-5-6-11-25-12-9-17-13-21(29-2)22(30-3)14-18(17)16-25/h7-8,13-15,24H,5-6,9-12,16H2,1-4H3. The summed E-state index contributed by atoms with van der Waals surface area (Å²) in [6.45, 7) is 3.12. The van der Waals surface area contributed by atoms with Crippen molar-refractivity contribution in [2.24, 2.45) is 0 Å². The first kappa shape index (κ1) is 24.2. The van der Waals surface area contributed by atoms with Crippen molar-refractivity contribution in [3.05, 3.63) is 41.5 Å². The SMILES string of the molecule is COc1ccc(S(=O)(=O)NCCCCN2CCc3cc(OC)c(OC)cc3C2)cc1OC. The second kappa shape index (κ2) is 10.9. The van der Waals surface area contributed by atoms with Crippen molar-refractivity contribution in [1.29, 1.82) is 0 Å². The number of benzene rings is 2. The van der Waals surface area contributed by atoms with Gasteiger partial charge in [0.25, 0.3) is 0 Å². The summed E-state index contributed by atoms with van der Waals surface area (Å²) >= 11 is 0. The number of nitrogens with one attached hydrogen (secondary N) is 1. The van der Waals surface area contributed by atoms with E-state index >= 15 is 0 Å². The maximum atomic E-state index is 12.6. The molecule has 0 radical (unpaired) electrons. The Morgan fingerprint density at radius 2 is 1.47 bits per heavy atom. The van der Waals surface area contributed by atoms with Crippen LogP contribution < -0.4 is 23.7 Å². The third kappa shape index (κ3) is 5.65. The number of rotatable bonds is 11. The van der Waals surface area contributed by atoms with E-state index in [2.05, 4.69) is 21.8 Å². The fourth-order valence-corrected chi connectivity index (χ4v) is 4.96. The van der Waals surface area contributed by atoms with Gasteiger partial charge in [0.1, 0.15) is 0 Å². The van der Waals surface area contributed by atoms with E-state index in [1.54, 1.807) is 20.3 Å². The summed E-state index contributed by atoms with van der Waals surface area (Å²) in [5.74, 6) is 2.39. The van der Waals surface area contributed by atoms with Gasteiger partial charge in [0.05, 0.1) is 33.3 Å². The third-order valence-electron chi connectivity index (χ3n) is 5.66. The number of hydrogen-bond acceptors (Lipinski definition) is 7. The molecule has 0 atom stereocenters. The molecule has 0 fully saturated rings. The summed E-state index contributed by atoms with van der Waals surface area (Å²) in [6, 6.07) is 8.69. The molecular weight excluding hydrogens is 432 g/mol. The lowest BCUT2D eigenvalue weighted by Crippen LogP contribution is -2.32. The smallest absolute Gasteiger partial charge is 0.240 e. The Morgan fingerprint density at radius 3 is 2.12 bits per heavy atom. The van der Waals surface area contributed by atoms with E-state index in [1.165, 1.54) is 37.5 Å². The van der Waals surface area contributed by atoms with E-state index in [9.17, 15) is 8.42 Å². The van der Waals surface area contributed by atoms with Gasteiger partial charge in [0.15, 0.2) is 23.0 Å². The summed E-state index contributed by atoms with van der Waals surface area (Å²) in [7, 11) is 2.69. The van der Waals surface area contributed by atoms with Crippen LogP contribution in [0.2, 0.25) is 0 Å². The van der Waals surface area contributed by atoms with Gasteiger partial charge in [-0.25, -0.2) is 13.1 Å². The molecule has 0 amide bonds. The van der Waals surface area contributed by atoms with Crippen molar-refractivity contribution < 1.29 is 27.4 Å². The lowest BCUT2D eigenvalue weighted by Gasteiger charge is -2.29. The molecule has 1 N–H and O–H groups in total. The number of fused-ring (bicyclic) bond motifs is 1. The average molecular weight is 465 g/mol. The van der Waals surface area contributed by atoms with Crippen molar-refractivity contribution in [3.8, 4) is 23.0 Å². The zero-order valence-corrected chi connectivity index (χ0v) is 20.0. The van der Waals surface area contributed by atoms with Crippen LogP contribution in [-0.4, -0.2) is 61.4 Å². The van der Waals surface area contributed by atoms with E-state index in [0.717, 1.165) is 50.4 Å². The molecule has 9 heteroatoms. The molecule has 0 saturated carbocycles. The first-order valence-corrected chi connectivity index (χ1v) is 12.1. The molecule has 0 bridgehead atoms. The molecule has 2 aromatic carbocycles. The maximum absolute atomic E-state index is 12.6. The third-order valence-corrected chi connectivity index (χ3v) is 7.11. The highest BCUT2D eigenvalue weighted by molar-refractivity contribution is 7.89. The number of ether oxygens (including phenoxy) is 4. The summed E-state index contributed by atoms with van der Waals surface area (Å²) in [5, 5.41) is 0. The van der Waals surface area contributed by atoms with Crippen LogP contribution >= 0.6 is 0 Å². The summed E-state index contributed by atoms with van der Waals surface area (Å²) in [5.41, 5.74) is 2.55. The van der Waals surface area contributed by atoms with Gasteiger partial charge in [-0.15, -0.1) is 0 Å². The molecule has 0 unspecified atom stereocenters. The largest absolute Gasteiger partial charge is 0.493 e. The van der Waals surface area contributed by atoms with E-state index in [0.29, 0.717) is 18.0 Å². The van der Waals surface area contributed by atoms with Gasteiger partial charge in [-0.2, -0.15) is 0 Å². The number of hydrogen-bond donors (Lipinski definition) is 1. The quantitative estimate of drug-likeness (QED) is 0.512. The average Bonchev–Trinajstić information content (AvgIpc) is 2.82. The number of unbranched alkanes of at least 4 members (excludes halogenated alkanes) is 1. The summed E-state index contributed by atoms with van der Waals surface area (Å²) in [4.78, 5) is 2.55. The Bertz CT molecular complexity index is 1030. The molecule has 8 nitrogen and oxygen atoms in total. The Labute approximate surface area is 190 Å². The lowest BCUT2D eigenvalue weighted by molar-refractivity contribution is 0.248. The minimum Gasteiger partial charge on any atom is -0.493 e. The summed E-state index contributed by atoms with van der Waals surface area (Å²) in [6.07, 6.45) is 2.61. The van der Waals surface area contributed by atoms with Gasteiger partial charge >= 0.3 is 0 Å². The second-order valence-corrected chi connectivity index (χ2v) is 9.39. The summed E-state index contributed by atoms with van der Waals surface area (Å²) < 4.78 is 49.0. The predicted molar refractivity (Wildman–Crippen MR) is 122 cm³/mol. The Balaban J connectivity index is 1.48. The van der Waals surface area contributed by atoms with Crippen LogP contribution in [0.4, 0.5) is 0 Å². The van der Waals surface area contributed by atoms with Crippen LogP contribution in [0.3, 0.4) is 0 Å². The zero-order valence-electron chi connectivity index (χ0n) is 19.1. The van der Waals surface area contributed by atoms with Crippen LogP contribution in [0.25, 0.3) is 0 Å². The van der Waals surface area contributed by atoms with Crippen LogP contribution in [0.5, 0.6) is 23.0 Å². The Kier molecular flexibility index (Phi) is 8.22. The molecular formula is C23H32N2O6S. The van der Waals surface area contributed by atoms with Crippen LogP contribution in [-0.2, 0) is 23.0 Å². The van der Waals surface area contributed by atoms with Crippen LogP contribution in [0.1, 0.15) is 24.0 Å². The molecule has 2 aromatic rings.